The van der Waals surface area contributed by atoms with Crippen LogP contribution in [0.5, 0.6) is 0 Å². The second-order valence-electron chi connectivity index (χ2n) is 6.28. The van der Waals surface area contributed by atoms with E-state index >= 15 is 0 Å². The second kappa shape index (κ2) is 7.86. The highest BCUT2D eigenvalue weighted by molar-refractivity contribution is 5.13. The second-order valence-corrected chi connectivity index (χ2v) is 6.28. The van der Waals surface area contributed by atoms with Crippen molar-refractivity contribution in [2.75, 3.05) is 13.1 Å². The van der Waals surface area contributed by atoms with Crippen molar-refractivity contribution in [2.45, 2.75) is 51.5 Å². The molecule has 2 heteroatoms. The van der Waals surface area contributed by atoms with Gasteiger partial charge in [0.1, 0.15) is 0 Å². The fourth-order valence-electron chi connectivity index (χ4n) is 3.45. The van der Waals surface area contributed by atoms with Gasteiger partial charge in [0.15, 0.2) is 0 Å². The Labute approximate surface area is 118 Å². The quantitative estimate of drug-likeness (QED) is 0.704. The van der Waals surface area contributed by atoms with Crippen molar-refractivity contribution in [3.05, 3.63) is 24.3 Å². The molecule has 0 saturated heterocycles. The molecule has 0 heterocycles. The molecule has 0 spiro atoms. The van der Waals surface area contributed by atoms with Gasteiger partial charge in [-0.05, 0) is 62.9 Å². The van der Waals surface area contributed by atoms with E-state index in [9.17, 15) is 0 Å². The van der Waals surface area contributed by atoms with Crippen LogP contribution >= 0.6 is 0 Å². The van der Waals surface area contributed by atoms with Crippen molar-refractivity contribution in [2.24, 2.45) is 23.5 Å². The maximum Gasteiger partial charge on any atom is 0.00729 e. The van der Waals surface area contributed by atoms with Gasteiger partial charge in [0.2, 0.25) is 0 Å². The highest BCUT2D eigenvalue weighted by Gasteiger charge is 2.33. The fourth-order valence-corrected chi connectivity index (χ4v) is 3.45. The highest BCUT2D eigenvalue weighted by Crippen LogP contribution is 2.37. The minimum Gasteiger partial charge on any atom is -0.330 e. The fraction of sp³-hybridized carbons (Fsp3) is 0.765. The van der Waals surface area contributed by atoms with Crippen LogP contribution in [0, 0.1) is 17.8 Å². The molecule has 0 aliphatic heterocycles. The first-order valence-electron chi connectivity index (χ1n) is 8.10. The SMILES string of the molecule is CCCC(CCN)CNC1CC(C2C=CC=CC2)C1. The first kappa shape index (κ1) is 14.8. The van der Waals surface area contributed by atoms with Gasteiger partial charge in [-0.15, -0.1) is 0 Å². The van der Waals surface area contributed by atoms with Crippen LogP contribution in [0.1, 0.15) is 45.4 Å². The molecule has 2 aliphatic carbocycles. The maximum absolute atomic E-state index is 5.69. The first-order chi connectivity index (χ1) is 9.33. The number of hydrogen-bond acceptors (Lipinski definition) is 2. The predicted octanol–water partition coefficient (Wildman–Crippen LogP) is 3.25. The third-order valence-corrected chi connectivity index (χ3v) is 4.76. The number of rotatable bonds is 8. The van der Waals surface area contributed by atoms with Crippen molar-refractivity contribution >= 4 is 0 Å². The van der Waals surface area contributed by atoms with Crippen molar-refractivity contribution in [1.82, 2.24) is 5.32 Å². The van der Waals surface area contributed by atoms with Gasteiger partial charge in [-0.2, -0.15) is 0 Å². The molecule has 0 radical (unpaired) electrons. The van der Waals surface area contributed by atoms with E-state index in [1.165, 1.54) is 45.1 Å². The van der Waals surface area contributed by atoms with E-state index in [2.05, 4.69) is 36.5 Å². The van der Waals surface area contributed by atoms with E-state index in [0.29, 0.717) is 0 Å². The Balaban J connectivity index is 1.61. The molecule has 108 valence electrons. The molecule has 3 N–H and O–H groups in total. The van der Waals surface area contributed by atoms with Crippen LogP contribution in [-0.4, -0.2) is 19.1 Å². The predicted molar refractivity (Wildman–Crippen MR) is 83.0 cm³/mol. The van der Waals surface area contributed by atoms with Gasteiger partial charge < -0.3 is 11.1 Å². The molecule has 1 fully saturated rings. The summed E-state index contributed by atoms with van der Waals surface area (Å²) in [6, 6.07) is 0.765. The van der Waals surface area contributed by atoms with E-state index in [0.717, 1.165) is 30.3 Å². The van der Waals surface area contributed by atoms with Crippen LogP contribution in [0.3, 0.4) is 0 Å². The monoisotopic (exact) mass is 262 g/mol. The molecule has 0 amide bonds. The Morgan fingerprint density at radius 1 is 1.26 bits per heavy atom. The summed E-state index contributed by atoms with van der Waals surface area (Å²) in [4.78, 5) is 0. The molecular formula is C17H30N2. The van der Waals surface area contributed by atoms with Crippen LogP contribution < -0.4 is 11.1 Å². The third kappa shape index (κ3) is 4.47. The largest absolute Gasteiger partial charge is 0.330 e. The van der Waals surface area contributed by atoms with E-state index in [4.69, 9.17) is 5.73 Å². The summed E-state index contributed by atoms with van der Waals surface area (Å²) in [6.07, 6.45) is 16.8. The first-order valence-corrected chi connectivity index (χ1v) is 8.10. The van der Waals surface area contributed by atoms with Gasteiger partial charge in [0, 0.05) is 6.04 Å². The lowest BCUT2D eigenvalue weighted by Gasteiger charge is -2.41. The third-order valence-electron chi connectivity index (χ3n) is 4.76. The van der Waals surface area contributed by atoms with E-state index in [-0.39, 0.29) is 0 Å². The maximum atomic E-state index is 5.69. The summed E-state index contributed by atoms with van der Waals surface area (Å²) in [6.45, 7) is 4.27. The zero-order chi connectivity index (χ0) is 13.5. The zero-order valence-electron chi connectivity index (χ0n) is 12.4. The van der Waals surface area contributed by atoms with E-state index in [1.807, 2.05) is 0 Å². The van der Waals surface area contributed by atoms with Gasteiger partial charge in [0.05, 0.1) is 0 Å². The Morgan fingerprint density at radius 3 is 2.74 bits per heavy atom. The molecule has 19 heavy (non-hydrogen) atoms. The lowest BCUT2D eigenvalue weighted by molar-refractivity contribution is 0.167. The molecule has 2 unspecified atom stereocenters. The summed E-state index contributed by atoms with van der Waals surface area (Å²) in [5.41, 5.74) is 5.69. The van der Waals surface area contributed by atoms with Gasteiger partial charge in [-0.3, -0.25) is 0 Å². The molecule has 2 nitrogen and oxygen atoms in total. The van der Waals surface area contributed by atoms with Crippen molar-refractivity contribution in [1.29, 1.82) is 0 Å². The smallest absolute Gasteiger partial charge is 0.00729 e. The molecule has 0 aromatic heterocycles. The summed E-state index contributed by atoms with van der Waals surface area (Å²) in [7, 11) is 0. The Bertz CT molecular complexity index is 296. The van der Waals surface area contributed by atoms with Gasteiger partial charge in [-0.1, -0.05) is 37.6 Å². The molecule has 0 aromatic carbocycles. The van der Waals surface area contributed by atoms with Crippen molar-refractivity contribution in [3.63, 3.8) is 0 Å². The summed E-state index contributed by atoms with van der Waals surface area (Å²) in [5, 5.41) is 3.76. The van der Waals surface area contributed by atoms with E-state index < -0.39 is 0 Å². The molecule has 2 rings (SSSR count). The lowest BCUT2D eigenvalue weighted by Crippen LogP contribution is -2.45. The number of nitrogens with two attached hydrogens (primary N) is 1. The minimum atomic E-state index is 0.765. The Hall–Kier alpha value is -0.600. The molecule has 1 saturated carbocycles. The van der Waals surface area contributed by atoms with Crippen LogP contribution in [-0.2, 0) is 0 Å². The molecule has 2 atom stereocenters. The Kier molecular flexibility index (Phi) is 6.12. The number of hydrogen-bond donors (Lipinski definition) is 2. The molecule has 0 aromatic rings. The van der Waals surface area contributed by atoms with Gasteiger partial charge in [0.25, 0.3) is 0 Å². The summed E-state index contributed by atoms with van der Waals surface area (Å²) < 4.78 is 0. The normalized spacial score (nSPS) is 31.2. The van der Waals surface area contributed by atoms with Crippen LogP contribution in [0.15, 0.2) is 24.3 Å². The standard InChI is InChI=1S/C17H30N2/c1-2-6-14(9-10-18)13-19-17-11-16(12-17)15-7-4-3-5-8-15/h3-5,7,14-17,19H,2,6,8-13,18H2,1H3. The average Bonchev–Trinajstić information content (AvgIpc) is 2.38. The van der Waals surface area contributed by atoms with Crippen LogP contribution in [0.4, 0.5) is 0 Å². The van der Waals surface area contributed by atoms with Crippen LogP contribution in [0.2, 0.25) is 0 Å². The highest BCUT2D eigenvalue weighted by atomic mass is 14.9. The topological polar surface area (TPSA) is 38.0 Å². The van der Waals surface area contributed by atoms with Crippen LogP contribution in [0.25, 0.3) is 0 Å². The molecule has 2 aliphatic rings. The van der Waals surface area contributed by atoms with E-state index in [1.54, 1.807) is 0 Å². The summed E-state index contributed by atoms with van der Waals surface area (Å²) >= 11 is 0. The number of nitrogens with one attached hydrogen (secondary N) is 1. The van der Waals surface area contributed by atoms with Gasteiger partial charge >= 0.3 is 0 Å². The zero-order valence-corrected chi connectivity index (χ0v) is 12.4. The molecular weight excluding hydrogens is 232 g/mol. The minimum absolute atomic E-state index is 0.765. The Morgan fingerprint density at radius 2 is 2.11 bits per heavy atom. The summed E-state index contributed by atoms with van der Waals surface area (Å²) in [5.74, 6) is 2.50. The van der Waals surface area contributed by atoms with Gasteiger partial charge in [-0.25, -0.2) is 0 Å². The lowest BCUT2D eigenvalue weighted by atomic mass is 9.70. The average molecular weight is 262 g/mol. The van der Waals surface area contributed by atoms with Crippen molar-refractivity contribution in [3.8, 4) is 0 Å². The molecule has 0 bridgehead atoms. The van der Waals surface area contributed by atoms with Crippen molar-refractivity contribution < 1.29 is 0 Å². The number of allylic oxidation sites excluding steroid dienone is 4.